The van der Waals surface area contributed by atoms with Gasteiger partial charge in [-0.15, -0.1) is 0 Å². The summed E-state index contributed by atoms with van der Waals surface area (Å²) in [5.41, 5.74) is -0.280. The number of hydrogen-bond donors (Lipinski definition) is 1. The van der Waals surface area contributed by atoms with Gasteiger partial charge in [0.25, 0.3) is 0 Å². The van der Waals surface area contributed by atoms with Gasteiger partial charge in [0.2, 0.25) is 0 Å². The van der Waals surface area contributed by atoms with Crippen LogP contribution in [0.15, 0.2) is 0 Å². The summed E-state index contributed by atoms with van der Waals surface area (Å²) in [6.07, 6.45) is 3.47. The summed E-state index contributed by atoms with van der Waals surface area (Å²) in [4.78, 5) is 10.7. The van der Waals surface area contributed by atoms with Crippen LogP contribution in [0, 0.1) is 11.3 Å². The van der Waals surface area contributed by atoms with Crippen molar-refractivity contribution < 1.29 is 9.90 Å². The van der Waals surface area contributed by atoms with Crippen LogP contribution in [-0.4, -0.2) is 17.5 Å². The molecule has 0 aromatic carbocycles. The molecule has 0 bridgehead atoms. The highest BCUT2D eigenvalue weighted by atomic mass is 16.3. The van der Waals surface area contributed by atoms with Crippen LogP contribution in [0.4, 0.5) is 0 Å². The minimum atomic E-state index is -0.280. The van der Waals surface area contributed by atoms with E-state index in [2.05, 4.69) is 0 Å². The van der Waals surface area contributed by atoms with E-state index < -0.39 is 0 Å². The molecule has 0 radical (unpaired) electrons. The number of aldehydes is 1. The van der Waals surface area contributed by atoms with Gasteiger partial charge in [-0.2, -0.15) is 0 Å². The molecule has 11 heavy (non-hydrogen) atoms. The van der Waals surface area contributed by atoms with Gasteiger partial charge in [0, 0.05) is 5.41 Å². The van der Waals surface area contributed by atoms with Crippen molar-refractivity contribution in [1.29, 1.82) is 0 Å². The smallest absolute Gasteiger partial charge is 0.126 e. The van der Waals surface area contributed by atoms with E-state index in [1.807, 2.05) is 13.8 Å². The molecule has 0 heterocycles. The van der Waals surface area contributed by atoms with Crippen molar-refractivity contribution in [3.8, 4) is 0 Å². The van der Waals surface area contributed by atoms with Gasteiger partial charge in [0.1, 0.15) is 6.29 Å². The third-order valence-corrected chi connectivity index (χ3v) is 3.12. The normalized spacial score (nSPS) is 35.5. The lowest BCUT2D eigenvalue weighted by molar-refractivity contribution is -0.127. The summed E-state index contributed by atoms with van der Waals surface area (Å²) in [6, 6.07) is 0. The van der Waals surface area contributed by atoms with Crippen LogP contribution in [0.1, 0.15) is 33.1 Å². The Labute approximate surface area is 67.6 Å². The average Bonchev–Trinajstić information content (AvgIpc) is 2.01. The lowest BCUT2D eigenvalue weighted by Crippen LogP contribution is -2.44. The fourth-order valence-electron chi connectivity index (χ4n) is 1.68. The molecule has 1 aliphatic carbocycles. The van der Waals surface area contributed by atoms with E-state index in [0.717, 1.165) is 25.5 Å². The van der Waals surface area contributed by atoms with Crippen LogP contribution in [0.2, 0.25) is 0 Å². The molecule has 2 nitrogen and oxygen atoms in total. The number of carbonyl (C=O) groups excluding carboxylic acids is 1. The van der Waals surface area contributed by atoms with Crippen molar-refractivity contribution in [2.24, 2.45) is 11.3 Å². The van der Waals surface area contributed by atoms with Crippen molar-refractivity contribution in [3.05, 3.63) is 0 Å². The summed E-state index contributed by atoms with van der Waals surface area (Å²) in [5.74, 6) is 0.213. The zero-order valence-corrected chi connectivity index (χ0v) is 7.21. The Bertz CT molecular complexity index is 156. The van der Waals surface area contributed by atoms with Gasteiger partial charge in [-0.05, 0) is 25.2 Å². The summed E-state index contributed by atoms with van der Waals surface area (Å²) < 4.78 is 0. The molecule has 1 rings (SSSR count). The third-order valence-electron chi connectivity index (χ3n) is 3.12. The zero-order valence-electron chi connectivity index (χ0n) is 7.21. The summed E-state index contributed by atoms with van der Waals surface area (Å²) in [6.45, 7) is 3.94. The van der Waals surface area contributed by atoms with Gasteiger partial charge in [0.15, 0.2) is 0 Å². The molecule has 1 saturated carbocycles. The first-order chi connectivity index (χ1) is 5.14. The molecule has 1 fully saturated rings. The zero-order chi connectivity index (χ0) is 8.48. The van der Waals surface area contributed by atoms with Crippen molar-refractivity contribution in [1.82, 2.24) is 0 Å². The minimum Gasteiger partial charge on any atom is -0.393 e. The number of aliphatic hydroxyl groups excluding tert-OH is 1. The van der Waals surface area contributed by atoms with E-state index >= 15 is 0 Å². The first-order valence-electron chi connectivity index (χ1n) is 4.28. The van der Waals surface area contributed by atoms with Crippen LogP contribution < -0.4 is 0 Å². The highest BCUT2D eigenvalue weighted by Crippen LogP contribution is 2.42. The quantitative estimate of drug-likeness (QED) is 0.627. The maximum atomic E-state index is 10.7. The van der Waals surface area contributed by atoms with Crippen molar-refractivity contribution >= 4 is 6.29 Å². The van der Waals surface area contributed by atoms with Gasteiger partial charge >= 0.3 is 0 Å². The second kappa shape index (κ2) is 2.94. The standard InChI is InChI=1S/C9H16O2/c1-3-9(2,6-10)7-4-5-8(7)11/h6-8,11H,3-5H2,1-2H3. The summed E-state index contributed by atoms with van der Waals surface area (Å²) >= 11 is 0. The van der Waals surface area contributed by atoms with E-state index in [1.165, 1.54) is 0 Å². The van der Waals surface area contributed by atoms with Crippen LogP contribution in [0.5, 0.6) is 0 Å². The number of carbonyl (C=O) groups is 1. The largest absolute Gasteiger partial charge is 0.393 e. The highest BCUT2D eigenvalue weighted by Gasteiger charge is 2.42. The molecule has 1 aliphatic rings. The minimum absolute atomic E-state index is 0.213. The lowest BCUT2D eigenvalue weighted by Gasteiger charge is -2.42. The van der Waals surface area contributed by atoms with Crippen molar-refractivity contribution in [2.45, 2.75) is 39.2 Å². The van der Waals surface area contributed by atoms with Crippen LogP contribution >= 0.6 is 0 Å². The van der Waals surface area contributed by atoms with Crippen LogP contribution in [-0.2, 0) is 4.79 Å². The Morgan fingerprint density at radius 2 is 2.27 bits per heavy atom. The summed E-state index contributed by atoms with van der Waals surface area (Å²) in [7, 11) is 0. The molecule has 2 heteroatoms. The van der Waals surface area contributed by atoms with E-state index in [4.69, 9.17) is 0 Å². The average molecular weight is 156 g/mol. The van der Waals surface area contributed by atoms with Gasteiger partial charge < -0.3 is 9.90 Å². The third kappa shape index (κ3) is 1.32. The van der Waals surface area contributed by atoms with Gasteiger partial charge in [0.05, 0.1) is 6.10 Å². The fourth-order valence-corrected chi connectivity index (χ4v) is 1.68. The Balaban J connectivity index is 2.61. The molecule has 64 valence electrons. The van der Waals surface area contributed by atoms with E-state index in [1.54, 1.807) is 0 Å². The SMILES string of the molecule is CCC(C)(C=O)C1CCC1O. The molecular formula is C9H16O2. The number of aliphatic hydroxyl groups is 1. The first-order valence-corrected chi connectivity index (χ1v) is 4.28. The van der Waals surface area contributed by atoms with Gasteiger partial charge in [-0.1, -0.05) is 13.8 Å². The molecule has 0 aromatic heterocycles. The second-order valence-electron chi connectivity index (χ2n) is 3.73. The van der Waals surface area contributed by atoms with E-state index in [9.17, 15) is 9.90 Å². The molecule has 3 unspecified atom stereocenters. The van der Waals surface area contributed by atoms with Crippen molar-refractivity contribution in [2.75, 3.05) is 0 Å². The Morgan fingerprint density at radius 1 is 1.64 bits per heavy atom. The fraction of sp³-hybridized carbons (Fsp3) is 0.889. The Hall–Kier alpha value is -0.370. The molecule has 0 saturated heterocycles. The lowest BCUT2D eigenvalue weighted by atomic mass is 9.64. The van der Waals surface area contributed by atoms with E-state index in [0.29, 0.717) is 0 Å². The monoisotopic (exact) mass is 156 g/mol. The summed E-state index contributed by atoms with van der Waals surface area (Å²) in [5, 5.41) is 9.35. The maximum Gasteiger partial charge on any atom is 0.126 e. The van der Waals surface area contributed by atoms with Crippen LogP contribution in [0.3, 0.4) is 0 Å². The molecule has 1 N–H and O–H groups in total. The Morgan fingerprint density at radius 3 is 2.36 bits per heavy atom. The number of hydrogen-bond acceptors (Lipinski definition) is 2. The molecule has 0 aromatic rings. The number of rotatable bonds is 3. The maximum absolute atomic E-state index is 10.7. The first kappa shape index (κ1) is 8.72. The van der Waals surface area contributed by atoms with Gasteiger partial charge in [-0.3, -0.25) is 0 Å². The molecule has 0 aliphatic heterocycles. The predicted octanol–water partition coefficient (Wildman–Crippen LogP) is 1.37. The van der Waals surface area contributed by atoms with Gasteiger partial charge in [-0.25, -0.2) is 0 Å². The molecule has 0 spiro atoms. The molecule has 0 amide bonds. The Kier molecular flexibility index (Phi) is 2.33. The topological polar surface area (TPSA) is 37.3 Å². The predicted molar refractivity (Wildman–Crippen MR) is 43.2 cm³/mol. The molecule has 3 atom stereocenters. The highest BCUT2D eigenvalue weighted by molar-refractivity contribution is 5.59. The molecular weight excluding hydrogens is 140 g/mol. The van der Waals surface area contributed by atoms with Crippen LogP contribution in [0.25, 0.3) is 0 Å². The van der Waals surface area contributed by atoms with Crippen molar-refractivity contribution in [3.63, 3.8) is 0 Å². The second-order valence-corrected chi connectivity index (χ2v) is 3.73. The van der Waals surface area contributed by atoms with E-state index in [-0.39, 0.29) is 17.4 Å².